The number of aliphatic hydroxyl groups excluding tert-OH is 1. The Labute approximate surface area is 193 Å². The largest absolute Gasteiger partial charge is 0.477 e. The maximum atomic E-state index is 12.4. The number of nitrogens with one attached hydrogen (secondary N) is 1. The number of carbonyl (C=O) groups is 3. The zero-order valence-corrected chi connectivity index (χ0v) is 18.4. The Balaban J connectivity index is 0.00000363. The van der Waals surface area contributed by atoms with E-state index >= 15 is 0 Å². The first-order valence-corrected chi connectivity index (χ1v) is 11.5. The molecule has 2 heterocycles. The average molecular weight is 461 g/mol. The summed E-state index contributed by atoms with van der Waals surface area (Å²) >= 11 is 1.23. The molecule has 0 spiro atoms. The molecule has 0 bridgehead atoms. The van der Waals surface area contributed by atoms with Gasteiger partial charge in [-0.3, -0.25) is 15.0 Å². The number of rotatable bonds is 11. The van der Waals surface area contributed by atoms with Gasteiger partial charge in [0.05, 0.1) is 6.10 Å². The monoisotopic (exact) mass is 460 g/mol. The first kappa shape index (κ1) is 25.5. The fourth-order valence-electron chi connectivity index (χ4n) is 3.77. The minimum Gasteiger partial charge on any atom is -0.477 e. The van der Waals surface area contributed by atoms with Gasteiger partial charge in [0, 0.05) is 10.6 Å². The molecule has 174 valence electrons. The number of carboxylic acids is 1. The number of hydrogen-bond acceptors (Lipinski definition) is 5. The van der Waals surface area contributed by atoms with Crippen LogP contribution >= 0.6 is 11.3 Å². The molecule has 0 unspecified atom stereocenters. The first-order valence-electron chi connectivity index (χ1n) is 10.6. The molecule has 0 aliphatic carbocycles. The van der Waals surface area contributed by atoms with Gasteiger partial charge in [0.2, 0.25) is 0 Å². The van der Waals surface area contributed by atoms with Crippen molar-refractivity contribution in [3.8, 4) is 0 Å². The van der Waals surface area contributed by atoms with Crippen LogP contribution in [0.3, 0.4) is 0 Å². The number of hydrogen-bond donors (Lipinski definition) is 3. The van der Waals surface area contributed by atoms with E-state index in [9.17, 15) is 19.5 Å². The number of aryl methyl sites for hydroxylation is 1. The molecule has 1 fully saturated rings. The van der Waals surface area contributed by atoms with Gasteiger partial charge >= 0.3 is 12.0 Å². The van der Waals surface area contributed by atoms with E-state index in [0.29, 0.717) is 36.2 Å². The van der Waals surface area contributed by atoms with Crippen LogP contribution in [0.2, 0.25) is 0 Å². The summed E-state index contributed by atoms with van der Waals surface area (Å²) in [6.45, 7) is 2.12. The Morgan fingerprint density at radius 2 is 1.84 bits per heavy atom. The number of imide groups is 1. The molecule has 2 atom stereocenters. The maximum absolute atomic E-state index is 12.4. The van der Waals surface area contributed by atoms with Crippen molar-refractivity contribution in [1.29, 1.82) is 0 Å². The highest BCUT2D eigenvalue weighted by atomic mass is 32.1. The Hall–Kier alpha value is -2.71. The number of nitrogens with zero attached hydrogens (tertiary/aromatic N) is 1. The van der Waals surface area contributed by atoms with Crippen molar-refractivity contribution in [1.82, 2.24) is 5.32 Å². The predicted octanol–water partition coefficient (Wildman–Crippen LogP) is 5.14. The second-order valence-electron chi connectivity index (χ2n) is 7.75. The van der Waals surface area contributed by atoms with Crippen molar-refractivity contribution < 1.29 is 24.6 Å². The first-order chi connectivity index (χ1) is 14.9. The number of anilines is 1. The molecule has 3 rings (SSSR count). The van der Waals surface area contributed by atoms with Gasteiger partial charge in [-0.2, -0.15) is 0 Å². The number of unbranched alkanes of at least 4 members (excludes halogenated alkanes) is 2. The zero-order chi connectivity index (χ0) is 22.4. The number of benzene rings is 1. The second kappa shape index (κ2) is 11.8. The van der Waals surface area contributed by atoms with E-state index in [2.05, 4.69) is 12.2 Å². The van der Waals surface area contributed by atoms with Crippen LogP contribution in [0.15, 0.2) is 36.4 Å². The summed E-state index contributed by atoms with van der Waals surface area (Å²) in [4.78, 5) is 38.4. The van der Waals surface area contributed by atoms with E-state index in [1.54, 1.807) is 36.4 Å². The molecular weight excluding hydrogens is 428 g/mol. The van der Waals surface area contributed by atoms with Crippen molar-refractivity contribution in [3.63, 3.8) is 0 Å². The molecule has 1 saturated heterocycles. The van der Waals surface area contributed by atoms with E-state index in [1.807, 2.05) is 0 Å². The summed E-state index contributed by atoms with van der Waals surface area (Å²) in [5, 5.41) is 21.7. The smallest absolute Gasteiger partial charge is 0.345 e. The molecular formula is C24H32N2O5S. The van der Waals surface area contributed by atoms with Crippen LogP contribution < -0.4 is 10.2 Å². The van der Waals surface area contributed by atoms with Crippen molar-refractivity contribution in [3.05, 3.63) is 51.7 Å². The molecule has 8 heteroatoms. The third kappa shape index (κ3) is 6.17. The number of urea groups is 1. The Bertz CT molecular complexity index is 925. The number of amides is 3. The van der Waals surface area contributed by atoms with Crippen LogP contribution in [0.5, 0.6) is 0 Å². The van der Waals surface area contributed by atoms with Crippen LogP contribution in [0.4, 0.5) is 10.5 Å². The molecule has 1 aromatic carbocycles. The Kier molecular flexibility index (Phi) is 9.41. The van der Waals surface area contributed by atoms with Gasteiger partial charge < -0.3 is 10.2 Å². The van der Waals surface area contributed by atoms with Gasteiger partial charge in [0.15, 0.2) is 0 Å². The third-order valence-corrected chi connectivity index (χ3v) is 6.61. The molecule has 1 aliphatic heterocycles. The van der Waals surface area contributed by atoms with Crippen LogP contribution in [0.25, 0.3) is 0 Å². The molecule has 0 saturated carbocycles. The zero-order valence-electron chi connectivity index (χ0n) is 17.5. The lowest BCUT2D eigenvalue weighted by molar-refractivity contribution is -0.120. The summed E-state index contributed by atoms with van der Waals surface area (Å²) in [5.41, 5.74) is 1.41. The Morgan fingerprint density at radius 3 is 2.47 bits per heavy atom. The van der Waals surface area contributed by atoms with Gasteiger partial charge in [0.1, 0.15) is 10.9 Å². The van der Waals surface area contributed by atoms with Crippen molar-refractivity contribution in [2.75, 3.05) is 4.90 Å². The third-order valence-electron chi connectivity index (χ3n) is 5.47. The number of aliphatic hydroxyl groups is 1. The molecule has 3 N–H and O–H groups in total. The van der Waals surface area contributed by atoms with Crippen LogP contribution in [0.1, 0.15) is 79.1 Å². The predicted molar refractivity (Wildman–Crippen MR) is 126 cm³/mol. The molecule has 1 aliphatic rings. The lowest BCUT2D eigenvalue weighted by Crippen LogP contribution is -2.35. The number of carboxylic acid groups (broad SMARTS) is 1. The van der Waals surface area contributed by atoms with Gasteiger partial charge in [0.25, 0.3) is 5.91 Å². The van der Waals surface area contributed by atoms with Gasteiger partial charge in [-0.25, -0.2) is 9.59 Å². The number of aromatic carboxylic acids is 1. The fraction of sp³-hybridized carbons (Fsp3) is 0.458. The summed E-state index contributed by atoms with van der Waals surface area (Å²) in [6, 6.07) is 9.46. The quantitative estimate of drug-likeness (QED) is 0.318. The highest BCUT2D eigenvalue weighted by Crippen LogP contribution is 2.28. The molecule has 0 radical (unpaired) electrons. The molecule has 3 amide bonds. The highest BCUT2D eigenvalue weighted by Gasteiger charge is 2.38. The number of thiophene rings is 1. The van der Waals surface area contributed by atoms with Gasteiger partial charge in [-0.1, -0.05) is 45.7 Å². The SMILES string of the molecule is C.CCCCC[C@H](O)c1ccc(N2C(=O)NC(=O)[C@@H]2CCCc2ccc(C(=O)O)s2)cc1. The molecule has 32 heavy (non-hydrogen) atoms. The van der Waals surface area contributed by atoms with E-state index < -0.39 is 24.1 Å². The normalized spacial score (nSPS) is 16.6. The van der Waals surface area contributed by atoms with Crippen molar-refractivity contribution in [2.24, 2.45) is 0 Å². The number of carbonyl (C=O) groups excluding carboxylic acids is 2. The lowest BCUT2D eigenvalue weighted by atomic mass is 10.0. The molecule has 1 aromatic heterocycles. The van der Waals surface area contributed by atoms with E-state index in [1.165, 1.54) is 16.2 Å². The van der Waals surface area contributed by atoms with Crippen LogP contribution in [-0.4, -0.2) is 34.2 Å². The van der Waals surface area contributed by atoms with Gasteiger partial charge in [-0.05, 0) is 55.5 Å². The topological polar surface area (TPSA) is 107 Å². The minimum atomic E-state index is -0.942. The van der Waals surface area contributed by atoms with E-state index in [-0.39, 0.29) is 13.3 Å². The maximum Gasteiger partial charge on any atom is 0.345 e. The Morgan fingerprint density at radius 1 is 1.12 bits per heavy atom. The van der Waals surface area contributed by atoms with Gasteiger partial charge in [-0.15, -0.1) is 11.3 Å². The fourth-order valence-corrected chi connectivity index (χ4v) is 4.66. The van der Waals surface area contributed by atoms with Crippen molar-refractivity contribution in [2.45, 2.75) is 71.4 Å². The average Bonchev–Trinajstić information content (AvgIpc) is 3.33. The second-order valence-corrected chi connectivity index (χ2v) is 8.91. The van der Waals surface area contributed by atoms with Crippen LogP contribution in [-0.2, 0) is 11.2 Å². The summed E-state index contributed by atoms with van der Waals surface area (Å²) in [7, 11) is 0. The molecule has 2 aromatic rings. The van der Waals surface area contributed by atoms with E-state index in [0.717, 1.165) is 29.7 Å². The van der Waals surface area contributed by atoms with E-state index in [4.69, 9.17) is 5.11 Å². The summed E-state index contributed by atoms with van der Waals surface area (Å²) in [5.74, 6) is -1.27. The standard InChI is InChI=1S/C23H28N2O5S.CH4/c1-2-3-4-8-19(26)15-9-11-16(12-10-15)25-18(21(27)24-23(25)30)7-5-6-17-13-14-20(31-17)22(28)29;/h9-14,18-19,26H,2-8H2,1H3,(H,28,29)(H,24,27,30);1H4/t18-,19-;/m0./s1. The highest BCUT2D eigenvalue weighted by molar-refractivity contribution is 7.13. The minimum absolute atomic E-state index is 0. The van der Waals surface area contributed by atoms with Crippen molar-refractivity contribution >= 4 is 34.9 Å². The molecule has 7 nitrogen and oxygen atoms in total. The lowest BCUT2D eigenvalue weighted by Gasteiger charge is -2.22. The summed E-state index contributed by atoms with van der Waals surface area (Å²) < 4.78 is 0. The summed E-state index contributed by atoms with van der Waals surface area (Å²) in [6.07, 6.45) is 5.07. The van der Waals surface area contributed by atoms with Crippen LogP contribution in [0, 0.1) is 0 Å².